The van der Waals surface area contributed by atoms with E-state index in [4.69, 9.17) is 0 Å². The molecule has 0 aliphatic carbocycles. The molecule has 0 aliphatic heterocycles. The first-order valence-corrected chi connectivity index (χ1v) is 9.20. The molecule has 118 valence electrons. The smallest absolute Gasteiger partial charge is 0.319 e. The van der Waals surface area contributed by atoms with E-state index in [-0.39, 0.29) is 6.03 Å². The zero-order valence-corrected chi connectivity index (χ0v) is 14.1. The third-order valence-corrected chi connectivity index (χ3v) is 5.40. The molecule has 0 unspecified atom stereocenters. The largest absolute Gasteiger partial charge is 0.338 e. The van der Waals surface area contributed by atoms with Crippen LogP contribution in [0.25, 0.3) is 10.2 Å². The first-order chi connectivity index (χ1) is 11.3. The first-order valence-electron chi connectivity index (χ1n) is 7.39. The predicted molar refractivity (Wildman–Crippen MR) is 98.4 cm³/mol. The predicted octanol–water partition coefficient (Wildman–Crippen LogP) is 4.60. The molecule has 0 bridgehead atoms. The van der Waals surface area contributed by atoms with Gasteiger partial charge in [-0.2, -0.15) is 0 Å². The van der Waals surface area contributed by atoms with E-state index in [1.54, 1.807) is 23.1 Å². The number of urea groups is 1. The fraction of sp³-hybridized carbons (Fsp3) is 0.176. The van der Waals surface area contributed by atoms with Crippen LogP contribution in [0.2, 0.25) is 0 Å². The minimum absolute atomic E-state index is 0.166. The lowest BCUT2D eigenvalue weighted by molar-refractivity contribution is 0.252. The second kappa shape index (κ2) is 7.99. The quantitative estimate of drug-likeness (QED) is 0.508. The third kappa shape index (κ3) is 4.71. The Morgan fingerprint density at radius 3 is 2.70 bits per heavy atom. The number of hydrogen-bond acceptors (Lipinski definition) is 4. The molecule has 1 aromatic heterocycles. The van der Waals surface area contributed by atoms with Gasteiger partial charge in [0.15, 0.2) is 4.34 Å². The number of carbonyl (C=O) groups is 1. The van der Waals surface area contributed by atoms with Gasteiger partial charge >= 0.3 is 6.03 Å². The van der Waals surface area contributed by atoms with Gasteiger partial charge in [0.25, 0.3) is 0 Å². The average molecular weight is 343 g/mol. The van der Waals surface area contributed by atoms with E-state index >= 15 is 0 Å². The van der Waals surface area contributed by atoms with E-state index < -0.39 is 0 Å². The Balaban J connectivity index is 1.36. The number of hydrogen-bond donors (Lipinski definition) is 2. The first kappa shape index (κ1) is 15.8. The monoisotopic (exact) mass is 343 g/mol. The fourth-order valence-electron chi connectivity index (χ4n) is 2.04. The number of nitrogens with one attached hydrogen (secondary N) is 2. The molecule has 0 radical (unpaired) electrons. The Morgan fingerprint density at radius 1 is 1.09 bits per heavy atom. The number of rotatable bonds is 6. The highest BCUT2D eigenvalue weighted by molar-refractivity contribution is 8.01. The van der Waals surface area contributed by atoms with Gasteiger partial charge in [-0.3, -0.25) is 0 Å². The van der Waals surface area contributed by atoms with Crippen molar-refractivity contribution >= 4 is 45.0 Å². The average Bonchev–Trinajstić information content (AvgIpc) is 2.98. The van der Waals surface area contributed by atoms with Gasteiger partial charge in [-0.25, -0.2) is 9.78 Å². The van der Waals surface area contributed by atoms with Crippen LogP contribution in [0.1, 0.15) is 6.42 Å². The van der Waals surface area contributed by atoms with Gasteiger partial charge in [-0.15, -0.1) is 11.3 Å². The molecule has 1 heterocycles. The molecule has 2 N–H and O–H groups in total. The molecule has 4 nitrogen and oxygen atoms in total. The lowest BCUT2D eigenvalue weighted by Gasteiger charge is -2.06. The second-order valence-electron chi connectivity index (χ2n) is 4.90. The number of anilines is 1. The summed E-state index contributed by atoms with van der Waals surface area (Å²) in [5.74, 6) is 0.936. The molecule has 2 aromatic carbocycles. The molecule has 23 heavy (non-hydrogen) atoms. The maximum Gasteiger partial charge on any atom is 0.319 e. The number of thiazole rings is 1. The maximum absolute atomic E-state index is 11.7. The number of carbonyl (C=O) groups excluding carboxylic acids is 1. The fourth-order valence-corrected chi connectivity index (χ4v) is 4.12. The van der Waals surface area contributed by atoms with Crippen LogP contribution in [0.5, 0.6) is 0 Å². The van der Waals surface area contributed by atoms with Crippen molar-refractivity contribution in [3.63, 3.8) is 0 Å². The summed E-state index contributed by atoms with van der Waals surface area (Å²) in [5.41, 5.74) is 1.86. The normalized spacial score (nSPS) is 10.6. The molecular formula is C17H17N3OS2. The van der Waals surface area contributed by atoms with Crippen LogP contribution in [0.3, 0.4) is 0 Å². The lowest BCUT2D eigenvalue weighted by Crippen LogP contribution is -2.29. The maximum atomic E-state index is 11.7. The Kier molecular flexibility index (Phi) is 5.50. The van der Waals surface area contributed by atoms with Gasteiger partial charge < -0.3 is 10.6 Å². The number of nitrogens with zero attached hydrogens (tertiary/aromatic N) is 1. The van der Waals surface area contributed by atoms with Crippen molar-refractivity contribution in [3.05, 3.63) is 54.6 Å². The van der Waals surface area contributed by atoms with Crippen LogP contribution in [-0.2, 0) is 0 Å². The van der Waals surface area contributed by atoms with E-state index in [0.717, 1.165) is 27.7 Å². The van der Waals surface area contributed by atoms with Gasteiger partial charge in [0.1, 0.15) is 0 Å². The van der Waals surface area contributed by atoms with Crippen molar-refractivity contribution < 1.29 is 4.79 Å². The number of fused-ring (bicyclic) bond motifs is 1. The molecule has 3 rings (SSSR count). The molecular weight excluding hydrogens is 326 g/mol. The molecule has 6 heteroatoms. The standard InChI is InChI=1S/C17H17N3OS2/c21-16(19-13-7-2-1-3-8-13)18-11-6-12-22-17-20-14-9-4-5-10-15(14)23-17/h1-5,7-10H,6,11-12H2,(H2,18,19,21). The number of thioether (sulfide) groups is 1. The molecule has 0 atom stereocenters. The number of amides is 2. The Hall–Kier alpha value is -2.05. The lowest BCUT2D eigenvalue weighted by atomic mass is 10.3. The van der Waals surface area contributed by atoms with Crippen LogP contribution in [0.15, 0.2) is 58.9 Å². The summed E-state index contributed by atoms with van der Waals surface area (Å²) in [6.07, 6.45) is 0.906. The second-order valence-corrected chi connectivity index (χ2v) is 7.27. The third-order valence-electron chi connectivity index (χ3n) is 3.14. The summed E-state index contributed by atoms with van der Waals surface area (Å²) in [4.78, 5) is 16.3. The van der Waals surface area contributed by atoms with Crippen molar-refractivity contribution in [1.29, 1.82) is 0 Å². The molecule has 0 spiro atoms. The number of benzene rings is 2. The number of para-hydroxylation sites is 2. The van der Waals surface area contributed by atoms with Crippen molar-refractivity contribution in [2.24, 2.45) is 0 Å². The summed E-state index contributed by atoms with van der Waals surface area (Å²) in [7, 11) is 0. The van der Waals surface area contributed by atoms with Crippen molar-refractivity contribution in [2.75, 3.05) is 17.6 Å². The minimum Gasteiger partial charge on any atom is -0.338 e. The molecule has 3 aromatic rings. The van der Waals surface area contributed by atoms with Gasteiger partial charge in [-0.05, 0) is 30.7 Å². The van der Waals surface area contributed by atoms with Crippen LogP contribution >= 0.6 is 23.1 Å². The Morgan fingerprint density at radius 2 is 1.87 bits per heavy atom. The van der Waals surface area contributed by atoms with E-state index in [1.807, 2.05) is 48.5 Å². The highest BCUT2D eigenvalue weighted by Crippen LogP contribution is 2.29. The van der Waals surface area contributed by atoms with E-state index in [2.05, 4.69) is 21.7 Å². The highest BCUT2D eigenvalue weighted by Gasteiger charge is 2.04. The van der Waals surface area contributed by atoms with Crippen LogP contribution in [0.4, 0.5) is 10.5 Å². The van der Waals surface area contributed by atoms with Crippen LogP contribution in [-0.4, -0.2) is 23.3 Å². The van der Waals surface area contributed by atoms with Gasteiger partial charge in [0, 0.05) is 18.0 Å². The van der Waals surface area contributed by atoms with E-state index in [1.165, 1.54) is 4.70 Å². The van der Waals surface area contributed by atoms with Crippen molar-refractivity contribution in [2.45, 2.75) is 10.8 Å². The topological polar surface area (TPSA) is 54.0 Å². The molecule has 0 saturated carbocycles. The van der Waals surface area contributed by atoms with Crippen LogP contribution < -0.4 is 10.6 Å². The van der Waals surface area contributed by atoms with Crippen LogP contribution in [0, 0.1) is 0 Å². The van der Waals surface area contributed by atoms with Gasteiger partial charge in [-0.1, -0.05) is 42.1 Å². The highest BCUT2D eigenvalue weighted by atomic mass is 32.2. The summed E-state index contributed by atoms with van der Waals surface area (Å²) in [6.45, 7) is 0.649. The molecule has 2 amide bonds. The summed E-state index contributed by atoms with van der Waals surface area (Å²) in [6, 6.07) is 17.4. The zero-order chi connectivity index (χ0) is 15.9. The SMILES string of the molecule is O=C(NCCCSc1nc2ccccc2s1)Nc1ccccc1. The molecule has 0 aliphatic rings. The zero-order valence-electron chi connectivity index (χ0n) is 12.5. The van der Waals surface area contributed by atoms with Crippen molar-refractivity contribution in [1.82, 2.24) is 10.3 Å². The van der Waals surface area contributed by atoms with E-state index in [9.17, 15) is 4.79 Å². The molecule has 0 fully saturated rings. The van der Waals surface area contributed by atoms with Gasteiger partial charge in [0.05, 0.1) is 10.2 Å². The van der Waals surface area contributed by atoms with Crippen molar-refractivity contribution in [3.8, 4) is 0 Å². The Bertz CT molecular complexity index is 741. The van der Waals surface area contributed by atoms with E-state index in [0.29, 0.717) is 6.54 Å². The molecule has 0 saturated heterocycles. The Labute approximate surface area is 143 Å². The number of aromatic nitrogens is 1. The summed E-state index contributed by atoms with van der Waals surface area (Å²) in [5, 5.41) is 5.66. The summed E-state index contributed by atoms with van der Waals surface area (Å²) < 4.78 is 2.30. The van der Waals surface area contributed by atoms with Gasteiger partial charge in [0.2, 0.25) is 0 Å². The summed E-state index contributed by atoms with van der Waals surface area (Å²) >= 11 is 3.45. The minimum atomic E-state index is -0.166.